The Labute approximate surface area is 111 Å². The molecule has 1 aromatic rings. The quantitative estimate of drug-likeness (QED) is 0.840. The Kier molecular flexibility index (Phi) is 4.91. The first-order valence-electron chi connectivity index (χ1n) is 7.28. The number of hydrogen-bond donors (Lipinski definition) is 1. The van der Waals surface area contributed by atoms with Crippen LogP contribution in [0.2, 0.25) is 0 Å². The highest BCUT2D eigenvalue weighted by Gasteiger charge is 2.13. The minimum Gasteiger partial charge on any atom is -0.388 e. The van der Waals surface area contributed by atoms with Crippen LogP contribution in [-0.2, 0) is 0 Å². The summed E-state index contributed by atoms with van der Waals surface area (Å²) >= 11 is 0. The lowest BCUT2D eigenvalue weighted by Gasteiger charge is -2.25. The van der Waals surface area contributed by atoms with Gasteiger partial charge in [0.1, 0.15) is 0 Å². The molecule has 2 heteroatoms. The van der Waals surface area contributed by atoms with Crippen molar-refractivity contribution in [3.63, 3.8) is 0 Å². The number of anilines is 2. The van der Waals surface area contributed by atoms with Crippen molar-refractivity contribution in [1.29, 1.82) is 0 Å². The lowest BCUT2D eigenvalue weighted by atomic mass is 9.87. The third kappa shape index (κ3) is 3.66. The second-order valence-corrected chi connectivity index (χ2v) is 5.51. The number of rotatable bonds is 5. The Hall–Kier alpha value is -1.18. The maximum atomic E-state index is 3.16. The van der Waals surface area contributed by atoms with Crippen LogP contribution in [0.5, 0.6) is 0 Å². The molecule has 0 atom stereocenters. The molecule has 1 saturated carbocycles. The molecule has 0 unspecified atom stereocenters. The molecule has 1 N–H and O–H groups in total. The van der Waals surface area contributed by atoms with Gasteiger partial charge in [-0.1, -0.05) is 32.1 Å². The smallest absolute Gasteiger partial charge is 0.0365 e. The molecule has 1 fully saturated rings. The van der Waals surface area contributed by atoms with E-state index in [2.05, 4.69) is 41.5 Å². The van der Waals surface area contributed by atoms with E-state index in [1.54, 1.807) is 0 Å². The summed E-state index contributed by atoms with van der Waals surface area (Å²) in [6.07, 6.45) is 8.61. The van der Waals surface area contributed by atoms with Crippen molar-refractivity contribution in [2.24, 2.45) is 5.92 Å². The monoisotopic (exact) mass is 246 g/mol. The van der Waals surface area contributed by atoms with Gasteiger partial charge >= 0.3 is 0 Å². The molecule has 0 bridgehead atoms. The predicted molar refractivity (Wildman–Crippen MR) is 80.5 cm³/mol. The van der Waals surface area contributed by atoms with Crippen LogP contribution in [0, 0.1) is 5.92 Å². The van der Waals surface area contributed by atoms with Crippen LogP contribution >= 0.6 is 0 Å². The topological polar surface area (TPSA) is 15.3 Å². The fourth-order valence-electron chi connectivity index (χ4n) is 2.86. The molecule has 0 amide bonds. The molecule has 1 aliphatic rings. The average Bonchev–Trinajstić information content (AvgIpc) is 2.46. The lowest BCUT2D eigenvalue weighted by molar-refractivity contribution is 0.341. The summed E-state index contributed by atoms with van der Waals surface area (Å²) in [6, 6.07) is 8.69. The van der Waals surface area contributed by atoms with Crippen LogP contribution in [0.3, 0.4) is 0 Å². The highest BCUT2D eigenvalue weighted by Crippen LogP contribution is 2.27. The largest absolute Gasteiger partial charge is 0.388 e. The van der Waals surface area contributed by atoms with Gasteiger partial charge in [-0.2, -0.15) is 0 Å². The van der Waals surface area contributed by atoms with Gasteiger partial charge in [0.15, 0.2) is 0 Å². The van der Waals surface area contributed by atoms with Crippen LogP contribution in [0.1, 0.15) is 38.5 Å². The predicted octanol–water partition coefficient (Wildman–Crippen LogP) is 4.13. The fourth-order valence-corrected chi connectivity index (χ4v) is 2.86. The molecule has 0 aromatic heterocycles. The van der Waals surface area contributed by atoms with Crippen LogP contribution in [0.25, 0.3) is 0 Å². The molecular formula is C16H26N2. The number of benzene rings is 1. The summed E-state index contributed by atoms with van der Waals surface area (Å²) in [4.78, 5) is 2.38. The van der Waals surface area contributed by atoms with E-state index in [0.29, 0.717) is 0 Å². The van der Waals surface area contributed by atoms with E-state index < -0.39 is 0 Å². The van der Waals surface area contributed by atoms with Gasteiger partial charge in [0, 0.05) is 32.0 Å². The molecule has 100 valence electrons. The van der Waals surface area contributed by atoms with E-state index in [1.165, 1.54) is 56.4 Å². The van der Waals surface area contributed by atoms with Gasteiger partial charge < -0.3 is 10.2 Å². The Morgan fingerprint density at radius 2 is 1.78 bits per heavy atom. The molecular weight excluding hydrogens is 220 g/mol. The molecule has 0 radical (unpaired) electrons. The first-order valence-corrected chi connectivity index (χ1v) is 7.28. The maximum Gasteiger partial charge on any atom is 0.0365 e. The van der Waals surface area contributed by atoms with Gasteiger partial charge in [-0.05, 0) is 36.6 Å². The van der Waals surface area contributed by atoms with E-state index in [-0.39, 0.29) is 0 Å². The van der Waals surface area contributed by atoms with Gasteiger partial charge in [-0.3, -0.25) is 0 Å². The van der Waals surface area contributed by atoms with Gasteiger partial charge in [0.05, 0.1) is 0 Å². The van der Waals surface area contributed by atoms with Crippen LogP contribution < -0.4 is 10.2 Å². The Bertz CT molecular complexity index is 339. The van der Waals surface area contributed by atoms with E-state index in [0.717, 1.165) is 5.92 Å². The van der Waals surface area contributed by atoms with Crippen LogP contribution in [0.15, 0.2) is 24.3 Å². The standard InChI is InChI=1S/C16H26N2/c1-17-15-8-10-16(11-9-15)18(2)13-12-14-6-4-3-5-7-14/h8-11,14,17H,3-7,12-13H2,1-2H3. The van der Waals surface area contributed by atoms with Crippen molar-refractivity contribution >= 4 is 11.4 Å². The van der Waals surface area contributed by atoms with E-state index in [1.807, 2.05) is 7.05 Å². The summed E-state index contributed by atoms with van der Waals surface area (Å²) in [7, 11) is 4.17. The van der Waals surface area contributed by atoms with Gasteiger partial charge in [0.2, 0.25) is 0 Å². The van der Waals surface area contributed by atoms with Gasteiger partial charge in [0.25, 0.3) is 0 Å². The normalized spacial score (nSPS) is 16.6. The van der Waals surface area contributed by atoms with Gasteiger partial charge in [-0.25, -0.2) is 0 Å². The zero-order valence-corrected chi connectivity index (χ0v) is 11.8. The first kappa shape index (κ1) is 13.3. The molecule has 0 spiro atoms. The number of nitrogens with zero attached hydrogens (tertiary/aromatic N) is 1. The molecule has 0 saturated heterocycles. The van der Waals surface area contributed by atoms with Crippen molar-refractivity contribution in [1.82, 2.24) is 0 Å². The molecule has 0 aliphatic heterocycles. The van der Waals surface area contributed by atoms with E-state index in [4.69, 9.17) is 0 Å². The second-order valence-electron chi connectivity index (χ2n) is 5.51. The van der Waals surface area contributed by atoms with E-state index >= 15 is 0 Å². The van der Waals surface area contributed by atoms with Crippen molar-refractivity contribution in [2.45, 2.75) is 38.5 Å². The lowest BCUT2D eigenvalue weighted by Crippen LogP contribution is -2.21. The van der Waals surface area contributed by atoms with Crippen molar-refractivity contribution in [2.75, 3.05) is 30.9 Å². The Morgan fingerprint density at radius 1 is 1.11 bits per heavy atom. The molecule has 1 aromatic carbocycles. The average molecular weight is 246 g/mol. The highest BCUT2D eigenvalue weighted by molar-refractivity contribution is 5.54. The zero-order chi connectivity index (χ0) is 12.8. The molecule has 18 heavy (non-hydrogen) atoms. The number of nitrogens with one attached hydrogen (secondary N) is 1. The molecule has 2 rings (SSSR count). The second kappa shape index (κ2) is 6.67. The third-order valence-corrected chi connectivity index (χ3v) is 4.19. The Balaban J connectivity index is 1.80. The first-order chi connectivity index (χ1) is 8.79. The Morgan fingerprint density at radius 3 is 2.39 bits per heavy atom. The molecule has 0 heterocycles. The highest BCUT2D eigenvalue weighted by atomic mass is 15.1. The third-order valence-electron chi connectivity index (χ3n) is 4.19. The summed E-state index contributed by atoms with van der Waals surface area (Å²) < 4.78 is 0. The number of hydrogen-bond acceptors (Lipinski definition) is 2. The zero-order valence-electron chi connectivity index (χ0n) is 11.8. The van der Waals surface area contributed by atoms with Gasteiger partial charge in [-0.15, -0.1) is 0 Å². The van der Waals surface area contributed by atoms with Crippen molar-refractivity contribution < 1.29 is 0 Å². The van der Waals surface area contributed by atoms with Crippen LogP contribution in [-0.4, -0.2) is 20.6 Å². The summed E-state index contributed by atoms with van der Waals surface area (Å²) in [5.74, 6) is 0.970. The van der Waals surface area contributed by atoms with Crippen molar-refractivity contribution in [3.8, 4) is 0 Å². The SMILES string of the molecule is CNc1ccc(N(C)CCC2CCCCC2)cc1. The minimum atomic E-state index is 0.970. The van der Waals surface area contributed by atoms with E-state index in [9.17, 15) is 0 Å². The van der Waals surface area contributed by atoms with Crippen LogP contribution in [0.4, 0.5) is 11.4 Å². The minimum absolute atomic E-state index is 0.970. The summed E-state index contributed by atoms with van der Waals surface area (Å²) in [5, 5.41) is 3.16. The summed E-state index contributed by atoms with van der Waals surface area (Å²) in [6.45, 7) is 1.18. The molecule has 2 nitrogen and oxygen atoms in total. The maximum absolute atomic E-state index is 3.16. The summed E-state index contributed by atoms with van der Waals surface area (Å²) in [5.41, 5.74) is 2.50. The van der Waals surface area contributed by atoms with Crippen molar-refractivity contribution in [3.05, 3.63) is 24.3 Å². The fraction of sp³-hybridized carbons (Fsp3) is 0.625. The molecule has 1 aliphatic carbocycles.